The Bertz CT molecular complexity index is 198. The molecule has 1 atom stereocenters. The van der Waals surface area contributed by atoms with E-state index in [-0.39, 0.29) is 0 Å². The fraction of sp³-hybridized carbons (Fsp3) is 0.600. The zero-order chi connectivity index (χ0) is 10.6. The summed E-state index contributed by atoms with van der Waals surface area (Å²) in [6.07, 6.45) is 7.46. The van der Waals surface area contributed by atoms with Crippen molar-refractivity contribution in [3.05, 3.63) is 23.8 Å². The summed E-state index contributed by atoms with van der Waals surface area (Å²) < 4.78 is 18.0. The van der Waals surface area contributed by atoms with E-state index in [1.165, 1.54) is 0 Å². The number of rotatable bonds is 4. The number of ether oxygens (including phenoxy) is 1. The molecule has 1 unspecified atom stereocenters. The average molecular weight is 217 g/mol. The van der Waals surface area contributed by atoms with Crippen molar-refractivity contribution in [2.24, 2.45) is 0 Å². The van der Waals surface area contributed by atoms with Crippen molar-refractivity contribution in [2.75, 3.05) is 13.2 Å². The highest BCUT2D eigenvalue weighted by Crippen LogP contribution is 1.86. The van der Waals surface area contributed by atoms with Crippen LogP contribution in [-0.2, 0) is 15.7 Å². The lowest BCUT2D eigenvalue weighted by Gasteiger charge is -1.95. The Morgan fingerprint density at radius 3 is 2.14 bits per heavy atom. The molecule has 14 heavy (non-hydrogen) atoms. The highest BCUT2D eigenvalue weighted by atomic mass is 32.2. The number of allylic oxidation sites excluding steroid dienone is 2. The number of nitrogens with one attached hydrogen (secondary N) is 1. The Labute approximate surface area is 88.8 Å². The number of hydrogen-bond acceptors (Lipinski definition) is 2. The van der Waals surface area contributed by atoms with E-state index in [0.29, 0.717) is 0 Å². The molecule has 3 nitrogen and oxygen atoms in total. The summed E-state index contributed by atoms with van der Waals surface area (Å²) in [4.78, 5) is 0. The molecule has 0 aromatic carbocycles. The standard InChI is InChI=1S/C6H14O.C4H5NOS/c1-3-5-7-6-4-2;6-7-4-2-1-3-5-7/h3-6H2,1-2H3;1-5H. The second kappa shape index (κ2) is 10.5. The van der Waals surface area contributed by atoms with E-state index < -0.39 is 11.0 Å². The molecule has 1 rings (SSSR count). The van der Waals surface area contributed by atoms with Crippen molar-refractivity contribution in [1.82, 2.24) is 4.72 Å². The van der Waals surface area contributed by atoms with Crippen LogP contribution in [0.25, 0.3) is 0 Å². The van der Waals surface area contributed by atoms with Crippen LogP contribution in [0.5, 0.6) is 0 Å². The monoisotopic (exact) mass is 217 g/mol. The van der Waals surface area contributed by atoms with Crippen molar-refractivity contribution in [1.29, 1.82) is 0 Å². The lowest BCUT2D eigenvalue weighted by Crippen LogP contribution is -2.07. The molecule has 0 radical (unpaired) electrons. The minimum Gasteiger partial charge on any atom is -0.381 e. The summed E-state index contributed by atoms with van der Waals surface area (Å²) in [6.45, 7) is 6.09. The third-order valence-corrected chi connectivity index (χ3v) is 2.06. The molecule has 0 spiro atoms. The van der Waals surface area contributed by atoms with Gasteiger partial charge in [0.25, 0.3) is 0 Å². The van der Waals surface area contributed by atoms with Gasteiger partial charge < -0.3 is 9.46 Å². The second-order valence-corrected chi connectivity index (χ2v) is 3.82. The first-order chi connectivity index (χ1) is 6.81. The van der Waals surface area contributed by atoms with Crippen LogP contribution in [0.15, 0.2) is 23.8 Å². The van der Waals surface area contributed by atoms with E-state index in [9.17, 15) is 4.21 Å². The summed E-state index contributed by atoms with van der Waals surface area (Å²) in [5, 5.41) is 1.58. The fourth-order valence-electron chi connectivity index (χ4n) is 0.709. The second-order valence-electron chi connectivity index (χ2n) is 2.72. The fourth-order valence-corrected chi connectivity index (χ4v) is 1.23. The van der Waals surface area contributed by atoms with Gasteiger partial charge >= 0.3 is 0 Å². The van der Waals surface area contributed by atoms with Crippen LogP contribution in [0.3, 0.4) is 0 Å². The van der Waals surface area contributed by atoms with Crippen LogP contribution >= 0.6 is 0 Å². The van der Waals surface area contributed by atoms with Gasteiger partial charge in [-0.2, -0.15) is 0 Å². The molecule has 1 aliphatic rings. The van der Waals surface area contributed by atoms with Crippen molar-refractivity contribution in [3.8, 4) is 0 Å². The first-order valence-corrected chi connectivity index (χ1v) is 6.10. The van der Waals surface area contributed by atoms with Gasteiger partial charge in [-0.15, -0.1) is 0 Å². The molecular formula is C10H19NO2S. The lowest BCUT2D eigenvalue weighted by atomic mass is 10.5. The summed E-state index contributed by atoms with van der Waals surface area (Å²) in [7, 11) is -0.958. The average Bonchev–Trinajstić information content (AvgIpc) is 2.21. The zero-order valence-electron chi connectivity index (χ0n) is 8.86. The molecule has 0 fully saturated rings. The SMILES string of the molecule is CCCOCCC.O=S1C=CC=CN1. The molecule has 1 N–H and O–H groups in total. The van der Waals surface area contributed by atoms with Crippen LogP contribution in [-0.4, -0.2) is 17.4 Å². The third kappa shape index (κ3) is 9.48. The van der Waals surface area contributed by atoms with Gasteiger partial charge in [0.2, 0.25) is 0 Å². The molecular weight excluding hydrogens is 198 g/mol. The molecule has 0 amide bonds. The van der Waals surface area contributed by atoms with Gasteiger partial charge in [0, 0.05) is 24.8 Å². The molecule has 0 saturated heterocycles. The van der Waals surface area contributed by atoms with Crippen LogP contribution < -0.4 is 4.72 Å². The van der Waals surface area contributed by atoms with Crippen molar-refractivity contribution in [3.63, 3.8) is 0 Å². The Morgan fingerprint density at radius 2 is 1.86 bits per heavy atom. The Hall–Kier alpha value is -0.610. The predicted octanol–water partition coefficient (Wildman–Crippen LogP) is 2.10. The van der Waals surface area contributed by atoms with E-state index in [4.69, 9.17) is 4.74 Å². The minimum absolute atomic E-state index is 0.924. The smallest absolute Gasteiger partial charge is 0.142 e. The van der Waals surface area contributed by atoms with Gasteiger partial charge in [0.15, 0.2) is 0 Å². The molecule has 4 heteroatoms. The third-order valence-electron chi connectivity index (χ3n) is 1.29. The molecule has 0 aromatic heterocycles. The summed E-state index contributed by atoms with van der Waals surface area (Å²) in [5.74, 6) is 0. The van der Waals surface area contributed by atoms with Crippen LogP contribution in [0.1, 0.15) is 26.7 Å². The Morgan fingerprint density at radius 1 is 1.21 bits per heavy atom. The lowest BCUT2D eigenvalue weighted by molar-refractivity contribution is 0.135. The normalized spacial score (nSPS) is 18.3. The van der Waals surface area contributed by atoms with Crippen LogP contribution in [0, 0.1) is 0 Å². The van der Waals surface area contributed by atoms with Gasteiger partial charge in [-0.3, -0.25) is 0 Å². The topological polar surface area (TPSA) is 38.3 Å². The van der Waals surface area contributed by atoms with Crippen molar-refractivity contribution < 1.29 is 8.95 Å². The molecule has 0 aromatic rings. The maximum atomic E-state index is 10.3. The van der Waals surface area contributed by atoms with Gasteiger partial charge in [-0.25, -0.2) is 4.21 Å². The Balaban J connectivity index is 0.000000241. The van der Waals surface area contributed by atoms with Gasteiger partial charge in [-0.05, 0) is 18.9 Å². The summed E-state index contributed by atoms with van der Waals surface area (Å²) in [5.41, 5.74) is 0. The minimum atomic E-state index is -0.958. The molecule has 0 saturated carbocycles. The quantitative estimate of drug-likeness (QED) is 0.732. The largest absolute Gasteiger partial charge is 0.381 e. The van der Waals surface area contributed by atoms with E-state index >= 15 is 0 Å². The van der Waals surface area contributed by atoms with Crippen molar-refractivity contribution >= 4 is 11.0 Å². The number of hydrogen-bond donors (Lipinski definition) is 1. The van der Waals surface area contributed by atoms with Crippen molar-refractivity contribution in [2.45, 2.75) is 26.7 Å². The highest BCUT2D eigenvalue weighted by molar-refractivity contribution is 7.86. The van der Waals surface area contributed by atoms with Gasteiger partial charge in [-0.1, -0.05) is 19.9 Å². The zero-order valence-corrected chi connectivity index (χ0v) is 9.68. The Kier molecular flexibility index (Phi) is 10.0. The van der Waals surface area contributed by atoms with E-state index in [2.05, 4.69) is 18.6 Å². The maximum absolute atomic E-state index is 10.3. The van der Waals surface area contributed by atoms with E-state index in [1.807, 2.05) is 0 Å². The molecule has 1 heterocycles. The molecule has 82 valence electrons. The van der Waals surface area contributed by atoms with Gasteiger partial charge in [0.05, 0.1) is 0 Å². The molecule has 0 aliphatic carbocycles. The first-order valence-electron chi connectivity index (χ1n) is 4.89. The molecule has 0 bridgehead atoms. The highest BCUT2D eigenvalue weighted by Gasteiger charge is 1.87. The summed E-state index contributed by atoms with van der Waals surface area (Å²) in [6, 6.07) is 0. The van der Waals surface area contributed by atoms with Crippen LogP contribution in [0.4, 0.5) is 0 Å². The first kappa shape index (κ1) is 13.4. The predicted molar refractivity (Wildman–Crippen MR) is 61.0 cm³/mol. The van der Waals surface area contributed by atoms with E-state index in [0.717, 1.165) is 26.1 Å². The van der Waals surface area contributed by atoms with Gasteiger partial charge in [0.1, 0.15) is 11.0 Å². The van der Waals surface area contributed by atoms with Crippen LogP contribution in [0.2, 0.25) is 0 Å². The van der Waals surface area contributed by atoms with E-state index in [1.54, 1.807) is 23.8 Å². The molecule has 1 aliphatic heterocycles. The maximum Gasteiger partial charge on any atom is 0.142 e. The summed E-state index contributed by atoms with van der Waals surface area (Å²) >= 11 is 0.